The van der Waals surface area contributed by atoms with E-state index >= 15 is 0 Å². The van der Waals surface area contributed by atoms with Crippen LogP contribution in [0, 0.1) is 0 Å². The van der Waals surface area contributed by atoms with Crippen molar-refractivity contribution in [2.24, 2.45) is 0 Å². The smallest absolute Gasteiger partial charge is 0.255 e. The zero-order chi connectivity index (χ0) is 16.2. The number of carbonyl (C=O) groups is 1. The molecule has 1 amide bonds. The predicted molar refractivity (Wildman–Crippen MR) is 93.7 cm³/mol. The van der Waals surface area contributed by atoms with Crippen LogP contribution in [0.25, 0.3) is 0 Å². The van der Waals surface area contributed by atoms with Gasteiger partial charge in [0, 0.05) is 23.5 Å². The lowest BCUT2D eigenvalue weighted by atomic mass is 9.87. The Bertz CT molecular complexity index is 622. The SMILES string of the molecule is CCNc1ccc(NC(=O)c2ccc(C(C)(C)C)cc2)cc1. The number of carbonyl (C=O) groups excluding carboxylic acids is 1. The van der Waals surface area contributed by atoms with Crippen molar-refractivity contribution in [1.82, 2.24) is 0 Å². The van der Waals surface area contributed by atoms with E-state index in [0.717, 1.165) is 17.9 Å². The number of rotatable bonds is 4. The quantitative estimate of drug-likeness (QED) is 0.861. The monoisotopic (exact) mass is 296 g/mol. The van der Waals surface area contributed by atoms with Gasteiger partial charge in [-0.3, -0.25) is 4.79 Å². The Morgan fingerprint density at radius 2 is 1.45 bits per heavy atom. The lowest BCUT2D eigenvalue weighted by Gasteiger charge is -2.19. The molecule has 2 rings (SSSR count). The molecule has 0 aliphatic carbocycles. The molecular formula is C19H24N2O. The van der Waals surface area contributed by atoms with E-state index in [1.807, 2.05) is 48.5 Å². The van der Waals surface area contributed by atoms with Gasteiger partial charge in [0.1, 0.15) is 0 Å². The Morgan fingerprint density at radius 3 is 1.95 bits per heavy atom. The van der Waals surface area contributed by atoms with Gasteiger partial charge in [0.25, 0.3) is 5.91 Å². The topological polar surface area (TPSA) is 41.1 Å². The summed E-state index contributed by atoms with van der Waals surface area (Å²) in [6, 6.07) is 15.5. The summed E-state index contributed by atoms with van der Waals surface area (Å²) in [5.74, 6) is -0.0864. The zero-order valence-electron chi connectivity index (χ0n) is 13.7. The van der Waals surface area contributed by atoms with Crippen LogP contribution in [0.1, 0.15) is 43.6 Å². The summed E-state index contributed by atoms with van der Waals surface area (Å²) >= 11 is 0. The molecule has 0 saturated carbocycles. The number of amides is 1. The van der Waals surface area contributed by atoms with Crippen molar-refractivity contribution in [1.29, 1.82) is 0 Å². The highest BCUT2D eigenvalue weighted by molar-refractivity contribution is 6.04. The van der Waals surface area contributed by atoms with Crippen LogP contribution in [0.2, 0.25) is 0 Å². The average molecular weight is 296 g/mol. The maximum atomic E-state index is 12.3. The van der Waals surface area contributed by atoms with Gasteiger partial charge in [0.2, 0.25) is 0 Å². The molecule has 3 nitrogen and oxygen atoms in total. The second-order valence-electron chi connectivity index (χ2n) is 6.39. The molecule has 0 unspecified atom stereocenters. The lowest BCUT2D eigenvalue weighted by Crippen LogP contribution is -2.14. The molecule has 2 aromatic rings. The Morgan fingerprint density at radius 1 is 0.909 bits per heavy atom. The molecule has 22 heavy (non-hydrogen) atoms. The molecule has 0 aliphatic rings. The van der Waals surface area contributed by atoms with E-state index in [1.54, 1.807) is 0 Å². The molecule has 0 spiro atoms. The van der Waals surface area contributed by atoms with Gasteiger partial charge < -0.3 is 10.6 Å². The molecule has 3 heteroatoms. The summed E-state index contributed by atoms with van der Waals surface area (Å²) in [6.07, 6.45) is 0. The van der Waals surface area contributed by atoms with Crippen LogP contribution in [0.4, 0.5) is 11.4 Å². The third kappa shape index (κ3) is 4.10. The minimum atomic E-state index is -0.0864. The molecule has 0 fully saturated rings. The van der Waals surface area contributed by atoms with Gasteiger partial charge in [-0.05, 0) is 54.3 Å². The van der Waals surface area contributed by atoms with E-state index in [2.05, 4.69) is 38.3 Å². The Hall–Kier alpha value is -2.29. The molecule has 0 saturated heterocycles. The number of hydrogen-bond acceptors (Lipinski definition) is 2. The highest BCUT2D eigenvalue weighted by atomic mass is 16.1. The van der Waals surface area contributed by atoms with E-state index < -0.39 is 0 Å². The summed E-state index contributed by atoms with van der Waals surface area (Å²) in [6.45, 7) is 9.42. The fraction of sp³-hybridized carbons (Fsp3) is 0.316. The van der Waals surface area contributed by atoms with Gasteiger partial charge >= 0.3 is 0 Å². The lowest BCUT2D eigenvalue weighted by molar-refractivity contribution is 0.102. The summed E-state index contributed by atoms with van der Waals surface area (Å²) in [5.41, 5.74) is 3.83. The maximum absolute atomic E-state index is 12.3. The minimum Gasteiger partial charge on any atom is -0.385 e. The normalized spacial score (nSPS) is 11.1. The number of anilines is 2. The van der Waals surface area contributed by atoms with Crippen LogP contribution < -0.4 is 10.6 Å². The van der Waals surface area contributed by atoms with Gasteiger partial charge in [0.05, 0.1) is 0 Å². The van der Waals surface area contributed by atoms with Gasteiger partial charge in [-0.25, -0.2) is 0 Å². The first kappa shape index (κ1) is 16.1. The molecule has 2 N–H and O–H groups in total. The van der Waals surface area contributed by atoms with Crippen LogP contribution in [0.15, 0.2) is 48.5 Å². The molecule has 116 valence electrons. The molecule has 0 heterocycles. The minimum absolute atomic E-state index is 0.0864. The third-order valence-electron chi connectivity index (χ3n) is 3.54. The highest BCUT2D eigenvalue weighted by Crippen LogP contribution is 2.22. The maximum Gasteiger partial charge on any atom is 0.255 e. The van der Waals surface area contributed by atoms with Crippen LogP contribution in [-0.4, -0.2) is 12.5 Å². The summed E-state index contributed by atoms with van der Waals surface area (Å²) < 4.78 is 0. The zero-order valence-corrected chi connectivity index (χ0v) is 13.7. The van der Waals surface area contributed by atoms with Gasteiger partial charge in [-0.15, -0.1) is 0 Å². The second-order valence-corrected chi connectivity index (χ2v) is 6.39. The van der Waals surface area contributed by atoms with Crippen LogP contribution in [0.3, 0.4) is 0 Å². The first-order valence-electron chi connectivity index (χ1n) is 7.66. The highest BCUT2D eigenvalue weighted by Gasteiger charge is 2.14. The summed E-state index contributed by atoms with van der Waals surface area (Å²) in [7, 11) is 0. The van der Waals surface area contributed by atoms with E-state index in [9.17, 15) is 4.79 Å². The second kappa shape index (κ2) is 6.65. The average Bonchev–Trinajstić information content (AvgIpc) is 2.49. The van der Waals surface area contributed by atoms with Crippen LogP contribution in [0.5, 0.6) is 0 Å². The van der Waals surface area contributed by atoms with Gasteiger partial charge in [0.15, 0.2) is 0 Å². The first-order valence-corrected chi connectivity index (χ1v) is 7.66. The molecule has 0 aliphatic heterocycles. The summed E-state index contributed by atoms with van der Waals surface area (Å²) in [5, 5.41) is 6.15. The van der Waals surface area contributed by atoms with Crippen molar-refractivity contribution in [2.45, 2.75) is 33.1 Å². The first-order chi connectivity index (χ1) is 10.4. The van der Waals surface area contributed by atoms with E-state index in [1.165, 1.54) is 5.56 Å². The number of nitrogens with one attached hydrogen (secondary N) is 2. The van der Waals surface area contributed by atoms with Crippen molar-refractivity contribution in [3.63, 3.8) is 0 Å². The summed E-state index contributed by atoms with van der Waals surface area (Å²) in [4.78, 5) is 12.3. The third-order valence-corrected chi connectivity index (χ3v) is 3.54. The van der Waals surface area contributed by atoms with E-state index in [-0.39, 0.29) is 11.3 Å². The van der Waals surface area contributed by atoms with Crippen LogP contribution >= 0.6 is 0 Å². The van der Waals surface area contributed by atoms with Crippen molar-refractivity contribution in [3.05, 3.63) is 59.7 Å². The molecule has 0 bridgehead atoms. The molecule has 0 atom stereocenters. The molecule has 0 radical (unpaired) electrons. The largest absolute Gasteiger partial charge is 0.385 e. The molecule has 0 aromatic heterocycles. The number of benzene rings is 2. The van der Waals surface area contributed by atoms with Gasteiger partial charge in [-0.1, -0.05) is 32.9 Å². The standard InChI is InChI=1S/C19H24N2O/c1-5-20-16-10-12-17(13-11-16)21-18(22)14-6-8-15(9-7-14)19(2,3)4/h6-13,20H,5H2,1-4H3,(H,21,22). The predicted octanol–water partition coefficient (Wildman–Crippen LogP) is 4.67. The van der Waals surface area contributed by atoms with Crippen LogP contribution in [-0.2, 0) is 5.41 Å². The molecular weight excluding hydrogens is 272 g/mol. The van der Waals surface area contributed by atoms with E-state index in [0.29, 0.717) is 5.56 Å². The van der Waals surface area contributed by atoms with Crippen molar-refractivity contribution in [2.75, 3.05) is 17.2 Å². The van der Waals surface area contributed by atoms with Crippen molar-refractivity contribution >= 4 is 17.3 Å². The Balaban J connectivity index is 2.05. The van der Waals surface area contributed by atoms with Crippen molar-refractivity contribution in [3.8, 4) is 0 Å². The Kier molecular flexibility index (Phi) is 4.86. The fourth-order valence-electron chi connectivity index (χ4n) is 2.20. The van der Waals surface area contributed by atoms with Gasteiger partial charge in [-0.2, -0.15) is 0 Å². The van der Waals surface area contributed by atoms with Crippen molar-refractivity contribution < 1.29 is 4.79 Å². The fourth-order valence-corrected chi connectivity index (χ4v) is 2.20. The molecule has 2 aromatic carbocycles. The Labute approximate surface area is 132 Å². The van der Waals surface area contributed by atoms with E-state index in [4.69, 9.17) is 0 Å². The number of hydrogen-bond donors (Lipinski definition) is 2.